The average Bonchev–Trinajstić information content (AvgIpc) is 2.52. The number of carbonyl (C=O) groups is 1. The van der Waals surface area contributed by atoms with Crippen LogP contribution in [-0.4, -0.2) is 16.2 Å². The molecule has 0 saturated heterocycles. The summed E-state index contributed by atoms with van der Waals surface area (Å²) < 4.78 is 5.47. The Labute approximate surface area is 126 Å². The highest BCUT2D eigenvalue weighted by atomic mass is 16.5. The predicted octanol–water partition coefficient (Wildman–Crippen LogP) is 3.71. The van der Waals surface area contributed by atoms with Gasteiger partial charge in [-0.05, 0) is 35.0 Å². The van der Waals surface area contributed by atoms with Gasteiger partial charge in [0.1, 0.15) is 23.8 Å². The highest BCUT2D eigenvalue weighted by Gasteiger charge is 2.12. The molecule has 0 atom stereocenters. The van der Waals surface area contributed by atoms with Crippen molar-refractivity contribution in [2.24, 2.45) is 5.18 Å². The fraction of sp³-hybridized carbons (Fsp3) is 0.0625. The molecular formula is C16H13NO5. The molecule has 0 radical (unpaired) electrons. The van der Waals surface area contributed by atoms with Crippen LogP contribution < -0.4 is 4.74 Å². The fourth-order valence-corrected chi connectivity index (χ4v) is 1.87. The zero-order valence-corrected chi connectivity index (χ0v) is 11.5. The number of benzene rings is 2. The Hall–Kier alpha value is -3.15. The zero-order valence-electron chi connectivity index (χ0n) is 11.5. The monoisotopic (exact) mass is 299 g/mol. The Kier molecular flexibility index (Phi) is 4.53. The van der Waals surface area contributed by atoms with E-state index in [2.05, 4.69) is 11.8 Å². The highest BCUT2D eigenvalue weighted by molar-refractivity contribution is 5.93. The molecule has 2 N–H and O–H groups in total. The summed E-state index contributed by atoms with van der Waals surface area (Å²) in [6.07, 6.45) is 1.53. The van der Waals surface area contributed by atoms with E-state index in [-0.39, 0.29) is 29.4 Å². The number of carboxylic acids is 1. The van der Waals surface area contributed by atoms with Crippen molar-refractivity contribution in [3.8, 4) is 11.5 Å². The third-order valence-electron chi connectivity index (χ3n) is 3.02. The molecule has 0 heterocycles. The van der Waals surface area contributed by atoms with Gasteiger partial charge in [-0.3, -0.25) is 0 Å². The molecule has 0 amide bonds. The van der Waals surface area contributed by atoms with Crippen molar-refractivity contribution >= 4 is 17.7 Å². The van der Waals surface area contributed by atoms with Gasteiger partial charge in [-0.15, -0.1) is 4.91 Å². The quantitative estimate of drug-likeness (QED) is 0.792. The van der Waals surface area contributed by atoms with Crippen molar-refractivity contribution < 1.29 is 19.7 Å². The minimum absolute atomic E-state index is 0.0860. The maximum Gasteiger partial charge on any atom is 0.338 e. The lowest BCUT2D eigenvalue weighted by molar-refractivity contribution is 0.0697. The van der Waals surface area contributed by atoms with E-state index in [9.17, 15) is 14.8 Å². The molecule has 0 unspecified atom stereocenters. The molecule has 2 aromatic rings. The Morgan fingerprint density at radius 2 is 2.05 bits per heavy atom. The van der Waals surface area contributed by atoms with Gasteiger partial charge < -0.3 is 14.9 Å². The number of aromatic hydroxyl groups is 1. The number of nitrogens with zero attached hydrogens (tertiary/aromatic N) is 1. The second kappa shape index (κ2) is 6.53. The Bertz CT molecular complexity index is 739. The first-order valence-electron chi connectivity index (χ1n) is 6.33. The molecule has 0 aromatic heterocycles. The van der Waals surface area contributed by atoms with Crippen molar-refractivity contribution in [1.29, 1.82) is 0 Å². The number of hydrogen-bond donors (Lipinski definition) is 2. The maximum atomic E-state index is 11.0. The Morgan fingerprint density at radius 3 is 2.64 bits per heavy atom. The summed E-state index contributed by atoms with van der Waals surface area (Å²) in [6.45, 7) is 3.71. The summed E-state index contributed by atoms with van der Waals surface area (Å²) in [6, 6.07) is 8.97. The average molecular weight is 299 g/mol. The van der Waals surface area contributed by atoms with Gasteiger partial charge in [0.25, 0.3) is 0 Å². The number of phenols is 1. The van der Waals surface area contributed by atoms with Gasteiger partial charge >= 0.3 is 5.97 Å². The lowest BCUT2D eigenvalue weighted by Gasteiger charge is -2.09. The van der Waals surface area contributed by atoms with Crippen molar-refractivity contribution in [2.75, 3.05) is 0 Å². The standard InChI is InChI=1S/C16H13NO5/c1-2-11-4-3-10(7-15(11)18)9-22-12-5-6-14(17-21)13(8-12)16(19)20/h2-8,18H,1,9H2,(H,19,20). The first-order valence-corrected chi connectivity index (χ1v) is 6.33. The van der Waals surface area contributed by atoms with Crippen LogP contribution in [0.3, 0.4) is 0 Å². The molecule has 0 aliphatic heterocycles. The van der Waals surface area contributed by atoms with Crippen LogP contribution in [0.25, 0.3) is 6.08 Å². The molecule has 2 rings (SSSR count). The van der Waals surface area contributed by atoms with Crippen molar-refractivity contribution in [3.63, 3.8) is 0 Å². The molecule has 0 saturated carbocycles. The fourth-order valence-electron chi connectivity index (χ4n) is 1.87. The van der Waals surface area contributed by atoms with E-state index in [0.29, 0.717) is 11.1 Å². The summed E-state index contributed by atoms with van der Waals surface area (Å²) in [7, 11) is 0. The molecule has 22 heavy (non-hydrogen) atoms. The topological polar surface area (TPSA) is 96.2 Å². The van der Waals surface area contributed by atoms with Gasteiger partial charge in [-0.25, -0.2) is 4.79 Å². The van der Waals surface area contributed by atoms with Gasteiger partial charge in [-0.1, -0.05) is 24.8 Å². The molecule has 0 spiro atoms. The van der Waals surface area contributed by atoms with E-state index in [1.165, 1.54) is 30.3 Å². The summed E-state index contributed by atoms with van der Waals surface area (Å²) in [5.41, 5.74) is 0.932. The summed E-state index contributed by atoms with van der Waals surface area (Å²) in [5, 5.41) is 21.4. The van der Waals surface area contributed by atoms with Crippen LogP contribution in [0.4, 0.5) is 5.69 Å². The van der Waals surface area contributed by atoms with Crippen molar-refractivity contribution in [2.45, 2.75) is 6.61 Å². The number of nitroso groups, excluding NO2 is 1. The van der Waals surface area contributed by atoms with Crippen LogP contribution in [0.1, 0.15) is 21.5 Å². The molecule has 2 aromatic carbocycles. The van der Waals surface area contributed by atoms with Crippen molar-refractivity contribution in [1.82, 2.24) is 0 Å². The van der Waals surface area contributed by atoms with Crippen LogP contribution in [0.15, 0.2) is 48.2 Å². The Morgan fingerprint density at radius 1 is 1.27 bits per heavy atom. The summed E-state index contributed by atoms with van der Waals surface area (Å²) in [5.74, 6) is -0.882. The number of phenolic OH excluding ortho intramolecular Hbond substituents is 1. The first-order chi connectivity index (χ1) is 10.5. The molecule has 6 heteroatoms. The molecule has 6 nitrogen and oxygen atoms in total. The van der Waals surface area contributed by atoms with Gasteiger partial charge in [0, 0.05) is 5.56 Å². The van der Waals surface area contributed by atoms with E-state index in [1.54, 1.807) is 12.1 Å². The second-order valence-corrected chi connectivity index (χ2v) is 4.46. The SMILES string of the molecule is C=Cc1ccc(COc2ccc(N=O)c(C(=O)O)c2)cc1O. The maximum absolute atomic E-state index is 11.0. The van der Waals surface area contributed by atoms with Gasteiger partial charge in [0.05, 0.1) is 5.56 Å². The number of rotatable bonds is 6. The first kappa shape index (κ1) is 15.2. The van der Waals surface area contributed by atoms with Gasteiger partial charge in [-0.2, -0.15) is 0 Å². The molecular weight excluding hydrogens is 286 g/mol. The molecule has 0 fully saturated rings. The van der Waals surface area contributed by atoms with Crippen LogP contribution in [-0.2, 0) is 6.61 Å². The second-order valence-electron chi connectivity index (χ2n) is 4.46. The summed E-state index contributed by atoms with van der Waals surface area (Å²) >= 11 is 0. The number of aromatic carboxylic acids is 1. The van der Waals surface area contributed by atoms with Crippen LogP contribution in [0, 0.1) is 4.91 Å². The van der Waals surface area contributed by atoms with Crippen molar-refractivity contribution in [3.05, 3.63) is 64.6 Å². The van der Waals surface area contributed by atoms with Crippen LogP contribution in [0.2, 0.25) is 0 Å². The van der Waals surface area contributed by atoms with Gasteiger partial charge in [0.15, 0.2) is 0 Å². The molecule has 0 aliphatic carbocycles. The zero-order chi connectivity index (χ0) is 16.1. The van der Waals surface area contributed by atoms with Gasteiger partial charge in [0.2, 0.25) is 0 Å². The minimum atomic E-state index is -1.26. The van der Waals surface area contributed by atoms with E-state index in [0.717, 1.165) is 0 Å². The molecule has 0 bridgehead atoms. The minimum Gasteiger partial charge on any atom is -0.507 e. The smallest absolute Gasteiger partial charge is 0.338 e. The largest absolute Gasteiger partial charge is 0.507 e. The molecule has 0 aliphatic rings. The highest BCUT2D eigenvalue weighted by Crippen LogP contribution is 2.26. The third kappa shape index (κ3) is 3.29. The lowest BCUT2D eigenvalue weighted by atomic mass is 10.1. The van der Waals surface area contributed by atoms with Crippen LogP contribution in [0.5, 0.6) is 11.5 Å². The number of carboxylic acid groups (broad SMARTS) is 1. The summed E-state index contributed by atoms with van der Waals surface area (Å²) in [4.78, 5) is 21.6. The van der Waals surface area contributed by atoms with Crippen LogP contribution >= 0.6 is 0 Å². The van der Waals surface area contributed by atoms with E-state index in [4.69, 9.17) is 9.84 Å². The van der Waals surface area contributed by atoms with E-state index < -0.39 is 5.97 Å². The number of hydrogen-bond acceptors (Lipinski definition) is 5. The normalized spacial score (nSPS) is 10.0. The van der Waals surface area contributed by atoms with E-state index in [1.807, 2.05) is 0 Å². The number of ether oxygens (including phenoxy) is 1. The Balaban J connectivity index is 2.16. The lowest BCUT2D eigenvalue weighted by Crippen LogP contribution is -2.00. The molecule has 112 valence electrons. The van der Waals surface area contributed by atoms with E-state index >= 15 is 0 Å². The predicted molar refractivity (Wildman–Crippen MR) is 81.4 cm³/mol. The third-order valence-corrected chi connectivity index (χ3v) is 3.02.